The van der Waals surface area contributed by atoms with Gasteiger partial charge < -0.3 is 0 Å². The van der Waals surface area contributed by atoms with Crippen molar-refractivity contribution < 1.29 is 37.8 Å². The number of rotatable bonds is 12. The molecule has 3 aromatic rings. The number of hydrogen-bond acceptors (Lipinski definition) is 9. The van der Waals surface area contributed by atoms with Crippen LogP contribution in [0.15, 0.2) is 91.0 Å². The van der Waals surface area contributed by atoms with E-state index < -0.39 is 53.8 Å². The molecule has 0 N–H and O–H groups in total. The lowest BCUT2D eigenvalue weighted by molar-refractivity contribution is 0.255. The van der Waals surface area contributed by atoms with Crippen molar-refractivity contribution in [3.8, 4) is 0 Å². The molecule has 34 heavy (non-hydrogen) atoms. The predicted molar refractivity (Wildman–Crippen MR) is 122 cm³/mol. The molecule has 0 bridgehead atoms. The van der Waals surface area contributed by atoms with Gasteiger partial charge in [-0.05, 0) is 16.7 Å². The maximum Gasteiger partial charge on any atom is 0.369 e. The fraction of sp³-hybridized carbons (Fsp3) is 0.143. The van der Waals surface area contributed by atoms with Crippen molar-refractivity contribution in [2.24, 2.45) is 0 Å². The van der Waals surface area contributed by atoms with E-state index in [1.807, 2.05) is 0 Å². The maximum absolute atomic E-state index is 12.8. The Kier molecular flexibility index (Phi) is 8.54. The first kappa shape index (κ1) is 26.0. The van der Waals surface area contributed by atoms with Crippen molar-refractivity contribution in [2.75, 3.05) is 0 Å². The molecular weight excluding hydrogens is 506 g/mol. The summed E-state index contributed by atoms with van der Waals surface area (Å²) in [4.78, 5) is 0. The average molecular weight is 528 g/mol. The fourth-order valence-electron chi connectivity index (χ4n) is 2.61. The highest BCUT2D eigenvalue weighted by molar-refractivity contribution is 8.13. The Morgan fingerprint density at radius 1 is 0.441 bits per heavy atom. The van der Waals surface area contributed by atoms with Gasteiger partial charge in [-0.25, -0.2) is 0 Å². The van der Waals surface area contributed by atoms with E-state index in [1.54, 1.807) is 54.6 Å². The van der Waals surface area contributed by atoms with Gasteiger partial charge in [0, 0.05) is 0 Å². The molecule has 3 rings (SSSR count). The molecule has 0 radical (unpaired) electrons. The van der Waals surface area contributed by atoms with Gasteiger partial charge in [0.1, 0.15) is 0 Å². The molecule has 182 valence electrons. The summed E-state index contributed by atoms with van der Waals surface area (Å²) < 4.78 is 90.1. The summed E-state index contributed by atoms with van der Waals surface area (Å²) in [6.07, 6.45) is 0. The maximum atomic E-state index is 12.8. The molecule has 0 amide bonds. The lowest BCUT2D eigenvalue weighted by atomic mass is 10.2. The second-order valence-electron chi connectivity index (χ2n) is 6.75. The Balaban J connectivity index is 1.89. The van der Waals surface area contributed by atoms with Crippen molar-refractivity contribution in [1.82, 2.24) is 3.12 Å². The zero-order chi connectivity index (χ0) is 24.7. The van der Waals surface area contributed by atoms with Crippen LogP contribution in [0, 0.1) is 0 Å². The zero-order valence-electron chi connectivity index (χ0n) is 17.6. The van der Waals surface area contributed by atoms with E-state index in [0.717, 1.165) is 0 Å². The van der Waals surface area contributed by atoms with Crippen molar-refractivity contribution in [3.05, 3.63) is 108 Å². The molecule has 0 aliphatic heterocycles. The van der Waals surface area contributed by atoms with Gasteiger partial charge in [0.2, 0.25) is 0 Å². The number of hydrogen-bond donors (Lipinski definition) is 0. The summed E-state index contributed by atoms with van der Waals surface area (Å²) in [6, 6.07) is 23.7. The van der Waals surface area contributed by atoms with Gasteiger partial charge in [-0.3, -0.25) is 12.5 Å². The first-order valence-corrected chi connectivity index (χ1v) is 13.8. The molecule has 0 unspecified atom stereocenters. The number of nitrogens with zero attached hydrogens (tertiary/aromatic N) is 1. The van der Waals surface area contributed by atoms with E-state index in [0.29, 0.717) is 16.7 Å². The van der Waals surface area contributed by atoms with Crippen LogP contribution in [0.1, 0.15) is 16.7 Å². The van der Waals surface area contributed by atoms with Gasteiger partial charge in [0.05, 0.1) is 22.9 Å². The van der Waals surface area contributed by atoms with Crippen LogP contribution < -0.4 is 0 Å². The molecule has 0 spiro atoms. The molecule has 0 saturated heterocycles. The minimum atomic E-state index is -5.44. The quantitative estimate of drug-likeness (QED) is 0.348. The third kappa shape index (κ3) is 7.17. The van der Waals surface area contributed by atoms with Crippen LogP contribution in [0.25, 0.3) is 0 Å². The molecule has 0 heterocycles. The van der Waals surface area contributed by atoms with Crippen LogP contribution >= 0.6 is 0 Å². The summed E-state index contributed by atoms with van der Waals surface area (Å²) in [5, 5.41) is 0. The van der Waals surface area contributed by atoms with Gasteiger partial charge in [-0.2, -0.15) is 25.3 Å². The summed E-state index contributed by atoms with van der Waals surface area (Å²) >= 11 is 0. The lowest BCUT2D eigenvalue weighted by Gasteiger charge is -2.20. The Labute approximate surface area is 199 Å². The molecule has 13 heteroatoms. The lowest BCUT2D eigenvalue weighted by Crippen LogP contribution is -2.44. The zero-order valence-corrected chi connectivity index (χ0v) is 20.1. The summed E-state index contributed by atoms with van der Waals surface area (Å²) in [6.45, 7) is -1.87. The molecule has 0 saturated carbocycles. The van der Waals surface area contributed by atoms with Crippen LogP contribution in [0.3, 0.4) is 0 Å². The molecule has 0 aliphatic rings. The largest absolute Gasteiger partial charge is 0.369 e. The highest BCUT2D eigenvalue weighted by Gasteiger charge is 2.48. The molecule has 0 aliphatic carbocycles. The number of benzene rings is 3. The molecule has 0 fully saturated rings. The molecule has 0 aromatic heterocycles. The third-order valence-corrected chi connectivity index (χ3v) is 9.83. The Bertz CT molecular complexity index is 1200. The summed E-state index contributed by atoms with van der Waals surface area (Å²) in [5.41, 5.74) is 1.07. The van der Waals surface area contributed by atoms with E-state index in [2.05, 4.69) is 0 Å². The topological polar surface area (TPSA) is 133 Å². The van der Waals surface area contributed by atoms with Crippen molar-refractivity contribution in [2.45, 2.75) is 19.8 Å². The highest BCUT2D eigenvalue weighted by Crippen LogP contribution is 2.23. The smallest absolute Gasteiger partial charge is 0.252 e. The van der Waals surface area contributed by atoms with Gasteiger partial charge >= 0.3 is 30.9 Å². The first-order chi connectivity index (χ1) is 16.1. The van der Waals surface area contributed by atoms with E-state index in [4.69, 9.17) is 12.5 Å². The van der Waals surface area contributed by atoms with E-state index >= 15 is 0 Å². The van der Waals surface area contributed by atoms with Crippen LogP contribution in [0.4, 0.5) is 0 Å². The monoisotopic (exact) mass is 527 g/mol. The fourth-order valence-corrected chi connectivity index (χ4v) is 7.19. The van der Waals surface area contributed by atoms with Gasteiger partial charge in [0.25, 0.3) is 0 Å². The van der Waals surface area contributed by atoms with Crippen LogP contribution in [0.2, 0.25) is 0 Å². The van der Waals surface area contributed by atoms with E-state index in [-0.39, 0.29) is 0 Å². The Morgan fingerprint density at radius 3 is 0.912 bits per heavy atom. The third-order valence-electron chi connectivity index (χ3n) is 4.20. The summed E-state index contributed by atoms with van der Waals surface area (Å²) in [7, 11) is -16.3. The van der Waals surface area contributed by atoms with E-state index in [9.17, 15) is 25.3 Å². The summed E-state index contributed by atoms with van der Waals surface area (Å²) in [5.74, 6) is 0. The Hall–Kier alpha value is -2.65. The second kappa shape index (κ2) is 11.2. The SMILES string of the molecule is O=S(=O)(OCc1ccccc1)N(S(=O)(=O)OCc1ccccc1)S(=O)(=O)OCc1ccccc1. The first-order valence-electron chi connectivity index (χ1n) is 9.71. The standard InChI is InChI=1S/C21H21NO9S3/c23-32(24,29-16-19-10-4-1-5-11-19)22(33(25,26)30-17-20-12-6-2-7-13-20)34(27,28)31-18-21-14-8-3-9-15-21/h1-15H,16-18H2. The molecule has 10 nitrogen and oxygen atoms in total. The second-order valence-corrected chi connectivity index (χ2v) is 11.8. The van der Waals surface area contributed by atoms with E-state index in [1.165, 1.54) is 36.4 Å². The predicted octanol–water partition coefficient (Wildman–Crippen LogP) is 2.67. The molecule has 0 atom stereocenters. The van der Waals surface area contributed by atoms with Crippen LogP contribution in [0.5, 0.6) is 0 Å². The van der Waals surface area contributed by atoms with Crippen molar-refractivity contribution >= 4 is 30.9 Å². The van der Waals surface area contributed by atoms with Gasteiger partial charge in [-0.1, -0.05) is 91.0 Å². The molecular formula is C21H21NO9S3. The van der Waals surface area contributed by atoms with Gasteiger partial charge in [-0.15, -0.1) is 0 Å². The van der Waals surface area contributed by atoms with Gasteiger partial charge in [0.15, 0.2) is 0 Å². The van der Waals surface area contributed by atoms with Crippen LogP contribution in [-0.2, 0) is 63.3 Å². The molecule has 3 aromatic carbocycles. The Morgan fingerprint density at radius 2 is 0.676 bits per heavy atom. The minimum absolute atomic E-state index is 0.358. The average Bonchev–Trinajstić information content (AvgIpc) is 2.82. The van der Waals surface area contributed by atoms with Crippen molar-refractivity contribution in [3.63, 3.8) is 0 Å². The minimum Gasteiger partial charge on any atom is -0.252 e. The highest BCUT2D eigenvalue weighted by atomic mass is 32.4. The normalized spacial score (nSPS) is 12.6. The van der Waals surface area contributed by atoms with Crippen molar-refractivity contribution in [1.29, 1.82) is 0 Å². The van der Waals surface area contributed by atoms with Crippen LogP contribution in [-0.4, -0.2) is 28.4 Å².